The van der Waals surface area contributed by atoms with Crippen molar-refractivity contribution in [1.29, 1.82) is 0 Å². The Labute approximate surface area is 146 Å². The van der Waals surface area contributed by atoms with Gasteiger partial charge in [0.15, 0.2) is 0 Å². The van der Waals surface area contributed by atoms with Crippen molar-refractivity contribution in [2.45, 2.75) is 25.9 Å². The number of hydrogen-bond donors (Lipinski definition) is 1. The minimum absolute atomic E-state index is 0.0448. The summed E-state index contributed by atoms with van der Waals surface area (Å²) in [5, 5.41) is 2.93. The minimum Gasteiger partial charge on any atom is -0.374 e. The van der Waals surface area contributed by atoms with Gasteiger partial charge < -0.3 is 10.1 Å². The molecular weight excluding hydrogens is 354 g/mol. The molecule has 2 rings (SSSR count). The summed E-state index contributed by atoms with van der Waals surface area (Å²) < 4.78 is 6.80. The molecule has 0 saturated heterocycles. The van der Waals surface area contributed by atoms with Crippen LogP contribution in [0.15, 0.2) is 59.1 Å². The molecule has 0 aliphatic carbocycles. The molecule has 0 heterocycles. The van der Waals surface area contributed by atoms with E-state index in [1.54, 1.807) is 0 Å². The SMILES string of the molecule is C[C@H](OCCCNC(=O)Cc1ccc(Br)cc1)c1ccccc1. The average Bonchev–Trinajstić information content (AvgIpc) is 2.57. The summed E-state index contributed by atoms with van der Waals surface area (Å²) in [5.41, 5.74) is 2.19. The van der Waals surface area contributed by atoms with E-state index in [-0.39, 0.29) is 12.0 Å². The van der Waals surface area contributed by atoms with Crippen LogP contribution in [0.3, 0.4) is 0 Å². The van der Waals surface area contributed by atoms with Crippen LogP contribution in [0.25, 0.3) is 0 Å². The van der Waals surface area contributed by atoms with Crippen LogP contribution >= 0.6 is 15.9 Å². The largest absolute Gasteiger partial charge is 0.374 e. The number of carbonyl (C=O) groups excluding carboxylic acids is 1. The van der Waals surface area contributed by atoms with Crippen molar-refractivity contribution in [1.82, 2.24) is 5.32 Å². The number of rotatable bonds is 8. The second-order valence-electron chi connectivity index (χ2n) is 5.43. The van der Waals surface area contributed by atoms with Crippen molar-refractivity contribution >= 4 is 21.8 Å². The van der Waals surface area contributed by atoms with E-state index in [9.17, 15) is 4.79 Å². The van der Waals surface area contributed by atoms with Crippen molar-refractivity contribution in [2.75, 3.05) is 13.2 Å². The Morgan fingerprint density at radius 2 is 1.83 bits per heavy atom. The van der Waals surface area contributed by atoms with Crippen LogP contribution in [0.1, 0.15) is 30.6 Å². The molecule has 1 N–H and O–H groups in total. The third-order valence-electron chi connectivity index (χ3n) is 3.56. The van der Waals surface area contributed by atoms with E-state index in [0.717, 1.165) is 16.5 Å². The fraction of sp³-hybridized carbons (Fsp3) is 0.316. The predicted octanol–water partition coefficient (Wildman–Crippen LogP) is 4.28. The van der Waals surface area contributed by atoms with Gasteiger partial charge in [0.25, 0.3) is 0 Å². The fourth-order valence-corrected chi connectivity index (χ4v) is 2.49. The number of amides is 1. The monoisotopic (exact) mass is 375 g/mol. The summed E-state index contributed by atoms with van der Waals surface area (Å²) >= 11 is 3.38. The highest BCUT2D eigenvalue weighted by molar-refractivity contribution is 9.10. The van der Waals surface area contributed by atoms with Gasteiger partial charge in [-0.2, -0.15) is 0 Å². The topological polar surface area (TPSA) is 38.3 Å². The zero-order valence-corrected chi connectivity index (χ0v) is 14.9. The Hall–Kier alpha value is -1.65. The van der Waals surface area contributed by atoms with Crippen LogP contribution in [0.4, 0.5) is 0 Å². The Bertz CT molecular complexity index is 599. The summed E-state index contributed by atoms with van der Waals surface area (Å²) in [6, 6.07) is 17.9. The maximum atomic E-state index is 11.9. The van der Waals surface area contributed by atoms with Gasteiger partial charge in [0, 0.05) is 17.6 Å². The maximum absolute atomic E-state index is 11.9. The number of benzene rings is 2. The lowest BCUT2D eigenvalue weighted by molar-refractivity contribution is -0.120. The van der Waals surface area contributed by atoms with Gasteiger partial charge in [-0.05, 0) is 36.6 Å². The van der Waals surface area contributed by atoms with Gasteiger partial charge >= 0.3 is 0 Å². The zero-order chi connectivity index (χ0) is 16.5. The van der Waals surface area contributed by atoms with E-state index in [4.69, 9.17) is 4.74 Å². The first-order valence-corrected chi connectivity index (χ1v) is 8.62. The lowest BCUT2D eigenvalue weighted by atomic mass is 10.1. The molecule has 0 aliphatic rings. The van der Waals surface area contributed by atoms with Gasteiger partial charge in [-0.15, -0.1) is 0 Å². The van der Waals surface area contributed by atoms with Gasteiger partial charge in [0.1, 0.15) is 0 Å². The Morgan fingerprint density at radius 3 is 2.52 bits per heavy atom. The molecule has 0 fully saturated rings. The van der Waals surface area contributed by atoms with E-state index >= 15 is 0 Å². The molecule has 0 saturated carbocycles. The second kappa shape index (κ2) is 9.48. The molecule has 0 aromatic heterocycles. The van der Waals surface area contributed by atoms with Gasteiger partial charge in [-0.3, -0.25) is 4.79 Å². The van der Waals surface area contributed by atoms with Crippen molar-refractivity contribution in [3.05, 3.63) is 70.2 Å². The first-order valence-electron chi connectivity index (χ1n) is 7.83. The highest BCUT2D eigenvalue weighted by Crippen LogP contribution is 2.15. The summed E-state index contributed by atoms with van der Waals surface area (Å²) in [6.45, 7) is 3.31. The lowest BCUT2D eigenvalue weighted by Gasteiger charge is -2.13. The van der Waals surface area contributed by atoms with Crippen LogP contribution in [0.2, 0.25) is 0 Å². The minimum atomic E-state index is 0.0448. The quantitative estimate of drug-likeness (QED) is 0.699. The fourth-order valence-electron chi connectivity index (χ4n) is 2.23. The third kappa shape index (κ3) is 6.55. The molecule has 3 nitrogen and oxygen atoms in total. The average molecular weight is 376 g/mol. The first-order chi connectivity index (χ1) is 11.1. The van der Waals surface area contributed by atoms with Gasteiger partial charge in [0.2, 0.25) is 5.91 Å². The molecule has 23 heavy (non-hydrogen) atoms. The molecule has 4 heteroatoms. The van der Waals surface area contributed by atoms with Crippen molar-refractivity contribution < 1.29 is 9.53 Å². The molecule has 0 aliphatic heterocycles. The number of halogens is 1. The summed E-state index contributed by atoms with van der Waals surface area (Å²) in [4.78, 5) is 11.9. The molecule has 122 valence electrons. The van der Waals surface area contributed by atoms with E-state index in [1.165, 1.54) is 5.56 Å². The summed E-state index contributed by atoms with van der Waals surface area (Å²) in [6.07, 6.45) is 1.30. The molecule has 1 atom stereocenters. The number of hydrogen-bond acceptors (Lipinski definition) is 2. The molecule has 0 unspecified atom stereocenters. The number of ether oxygens (including phenoxy) is 1. The number of carbonyl (C=O) groups is 1. The lowest BCUT2D eigenvalue weighted by Crippen LogP contribution is -2.26. The smallest absolute Gasteiger partial charge is 0.224 e. The van der Waals surface area contributed by atoms with Gasteiger partial charge in [0.05, 0.1) is 12.5 Å². The molecular formula is C19H22BrNO2. The van der Waals surface area contributed by atoms with E-state index in [0.29, 0.717) is 19.6 Å². The number of nitrogens with one attached hydrogen (secondary N) is 1. The summed E-state index contributed by atoms with van der Waals surface area (Å²) in [5.74, 6) is 0.0448. The van der Waals surface area contributed by atoms with E-state index in [2.05, 4.69) is 33.4 Å². The normalized spacial score (nSPS) is 11.9. The third-order valence-corrected chi connectivity index (χ3v) is 4.09. The van der Waals surface area contributed by atoms with Crippen molar-refractivity contribution in [3.8, 4) is 0 Å². The highest BCUT2D eigenvalue weighted by atomic mass is 79.9. The van der Waals surface area contributed by atoms with Crippen molar-refractivity contribution in [2.24, 2.45) is 0 Å². The summed E-state index contributed by atoms with van der Waals surface area (Å²) in [7, 11) is 0. The molecule has 0 bridgehead atoms. The zero-order valence-electron chi connectivity index (χ0n) is 13.3. The van der Waals surface area contributed by atoms with Gasteiger partial charge in [-0.25, -0.2) is 0 Å². The second-order valence-corrected chi connectivity index (χ2v) is 6.35. The Morgan fingerprint density at radius 1 is 1.13 bits per heavy atom. The molecule has 2 aromatic rings. The molecule has 0 spiro atoms. The van der Waals surface area contributed by atoms with Crippen molar-refractivity contribution in [3.63, 3.8) is 0 Å². The first kappa shape index (κ1) is 17.7. The molecule has 2 aromatic carbocycles. The van der Waals surface area contributed by atoms with Crippen LogP contribution in [-0.4, -0.2) is 19.1 Å². The van der Waals surface area contributed by atoms with Crippen LogP contribution < -0.4 is 5.32 Å². The Balaban J connectivity index is 1.60. The molecule has 1 amide bonds. The standard InChI is InChI=1S/C19H22BrNO2/c1-15(17-6-3-2-4-7-17)23-13-5-12-21-19(22)14-16-8-10-18(20)11-9-16/h2-4,6-11,15H,5,12-14H2,1H3,(H,21,22)/t15-/m0/s1. The molecule has 0 radical (unpaired) electrons. The maximum Gasteiger partial charge on any atom is 0.224 e. The van der Waals surface area contributed by atoms with Crippen LogP contribution in [0, 0.1) is 0 Å². The van der Waals surface area contributed by atoms with Crippen LogP contribution in [-0.2, 0) is 16.0 Å². The van der Waals surface area contributed by atoms with E-state index in [1.807, 2.05) is 49.4 Å². The van der Waals surface area contributed by atoms with Gasteiger partial charge in [-0.1, -0.05) is 58.4 Å². The predicted molar refractivity (Wildman–Crippen MR) is 96.3 cm³/mol. The van der Waals surface area contributed by atoms with E-state index < -0.39 is 0 Å². The highest BCUT2D eigenvalue weighted by Gasteiger charge is 2.05. The van der Waals surface area contributed by atoms with Crippen LogP contribution in [0.5, 0.6) is 0 Å². The Kier molecular flexibility index (Phi) is 7.30.